The van der Waals surface area contributed by atoms with E-state index in [4.69, 9.17) is 4.74 Å². The summed E-state index contributed by atoms with van der Waals surface area (Å²) in [7, 11) is 1.61. The SMILES string of the molecule is CNc1ccc([N+](=O)[O-])cc1C(=O)Nc1ccc(N2C[C@H](C)O[C@@H](C)C2)c(F)c1. The van der Waals surface area contributed by atoms with E-state index in [2.05, 4.69) is 10.6 Å². The molecular weight excluding hydrogens is 379 g/mol. The minimum Gasteiger partial charge on any atom is -0.387 e. The minimum atomic E-state index is -0.574. The van der Waals surface area contributed by atoms with Crippen LogP contribution in [-0.2, 0) is 4.74 Å². The van der Waals surface area contributed by atoms with Crippen molar-refractivity contribution in [1.82, 2.24) is 0 Å². The van der Waals surface area contributed by atoms with Crippen molar-refractivity contribution in [1.29, 1.82) is 0 Å². The summed E-state index contributed by atoms with van der Waals surface area (Å²) in [5, 5.41) is 16.4. The zero-order chi connectivity index (χ0) is 21.1. The second-order valence-corrected chi connectivity index (χ2v) is 7.02. The lowest BCUT2D eigenvalue weighted by Gasteiger charge is -2.37. The second-order valence-electron chi connectivity index (χ2n) is 7.02. The van der Waals surface area contributed by atoms with Gasteiger partial charge in [0.2, 0.25) is 0 Å². The fourth-order valence-electron chi connectivity index (χ4n) is 3.47. The van der Waals surface area contributed by atoms with E-state index in [9.17, 15) is 19.3 Å². The summed E-state index contributed by atoms with van der Waals surface area (Å²) in [5.41, 5.74) is 1.03. The quantitative estimate of drug-likeness (QED) is 0.585. The van der Waals surface area contributed by atoms with Crippen LogP contribution in [0, 0.1) is 15.9 Å². The average molecular weight is 402 g/mol. The molecule has 0 radical (unpaired) electrons. The third-order valence-corrected chi connectivity index (χ3v) is 4.69. The molecule has 2 aromatic rings. The van der Waals surface area contributed by atoms with Crippen LogP contribution in [0.25, 0.3) is 0 Å². The van der Waals surface area contributed by atoms with Crippen LogP contribution in [0.4, 0.5) is 27.1 Å². The molecule has 8 nitrogen and oxygen atoms in total. The van der Waals surface area contributed by atoms with Crippen molar-refractivity contribution in [2.45, 2.75) is 26.1 Å². The van der Waals surface area contributed by atoms with Crippen molar-refractivity contribution < 1.29 is 18.8 Å². The monoisotopic (exact) mass is 402 g/mol. The number of hydrogen-bond acceptors (Lipinski definition) is 6. The number of amides is 1. The van der Waals surface area contributed by atoms with Gasteiger partial charge in [-0.3, -0.25) is 14.9 Å². The maximum Gasteiger partial charge on any atom is 0.270 e. The molecule has 2 N–H and O–H groups in total. The van der Waals surface area contributed by atoms with E-state index in [0.29, 0.717) is 24.5 Å². The number of nitro benzene ring substituents is 1. The van der Waals surface area contributed by atoms with Crippen molar-refractivity contribution in [2.75, 3.05) is 35.7 Å². The van der Waals surface area contributed by atoms with Crippen LogP contribution < -0.4 is 15.5 Å². The van der Waals surface area contributed by atoms with Gasteiger partial charge >= 0.3 is 0 Å². The number of nitrogens with zero attached hydrogens (tertiary/aromatic N) is 2. The summed E-state index contributed by atoms with van der Waals surface area (Å²) in [6.45, 7) is 5.03. The highest BCUT2D eigenvalue weighted by molar-refractivity contribution is 6.08. The number of nitrogens with one attached hydrogen (secondary N) is 2. The van der Waals surface area contributed by atoms with Crippen LogP contribution in [0.1, 0.15) is 24.2 Å². The molecule has 1 heterocycles. The Balaban J connectivity index is 1.81. The van der Waals surface area contributed by atoms with E-state index in [1.807, 2.05) is 18.7 Å². The number of halogens is 1. The summed E-state index contributed by atoms with van der Waals surface area (Å²) in [5.74, 6) is -1.03. The molecule has 1 aliphatic rings. The maximum absolute atomic E-state index is 14.7. The molecule has 1 amide bonds. The molecule has 0 aliphatic carbocycles. The van der Waals surface area contributed by atoms with Gasteiger partial charge in [-0.1, -0.05) is 0 Å². The Kier molecular flexibility index (Phi) is 5.97. The van der Waals surface area contributed by atoms with Gasteiger partial charge in [0.1, 0.15) is 5.82 Å². The molecule has 29 heavy (non-hydrogen) atoms. The third-order valence-electron chi connectivity index (χ3n) is 4.69. The van der Waals surface area contributed by atoms with E-state index >= 15 is 0 Å². The first-order valence-electron chi connectivity index (χ1n) is 9.26. The molecule has 2 atom stereocenters. The Morgan fingerprint density at radius 3 is 2.48 bits per heavy atom. The first kappa shape index (κ1) is 20.5. The van der Waals surface area contributed by atoms with Gasteiger partial charge in [0.15, 0.2) is 0 Å². The zero-order valence-electron chi connectivity index (χ0n) is 16.4. The molecule has 0 bridgehead atoms. The van der Waals surface area contributed by atoms with Gasteiger partial charge in [-0.25, -0.2) is 4.39 Å². The highest BCUT2D eigenvalue weighted by atomic mass is 19.1. The standard InChI is InChI=1S/C20H23FN4O4/c1-12-10-24(11-13(2)29-12)19-7-4-14(8-17(19)21)23-20(26)16-9-15(25(27)28)5-6-18(16)22-3/h4-9,12-13,22H,10-11H2,1-3H3,(H,23,26)/t12-,13-/m0/s1. The summed E-state index contributed by atoms with van der Waals surface area (Å²) < 4.78 is 20.4. The molecule has 2 aromatic carbocycles. The topological polar surface area (TPSA) is 96.7 Å². The molecule has 0 saturated carbocycles. The number of anilines is 3. The Bertz CT molecular complexity index is 927. The van der Waals surface area contributed by atoms with Crippen LogP contribution in [-0.4, -0.2) is 43.2 Å². The first-order valence-corrected chi connectivity index (χ1v) is 9.26. The number of carbonyl (C=O) groups is 1. The fraction of sp³-hybridized carbons (Fsp3) is 0.350. The molecule has 0 unspecified atom stereocenters. The lowest BCUT2D eigenvalue weighted by atomic mass is 10.1. The predicted molar refractivity (Wildman–Crippen MR) is 109 cm³/mol. The highest BCUT2D eigenvalue weighted by Gasteiger charge is 2.24. The summed E-state index contributed by atoms with van der Waals surface area (Å²) in [6, 6.07) is 8.41. The molecular formula is C20H23FN4O4. The number of non-ortho nitro benzene ring substituents is 1. The summed E-state index contributed by atoms with van der Waals surface area (Å²) in [4.78, 5) is 25.0. The van der Waals surface area contributed by atoms with Crippen molar-refractivity contribution in [3.63, 3.8) is 0 Å². The fourth-order valence-corrected chi connectivity index (χ4v) is 3.47. The van der Waals surface area contributed by atoms with Crippen molar-refractivity contribution in [3.8, 4) is 0 Å². The molecule has 154 valence electrons. The molecule has 1 fully saturated rings. The predicted octanol–water partition coefficient (Wildman–Crippen LogP) is 3.64. The second kappa shape index (κ2) is 8.44. The lowest BCUT2D eigenvalue weighted by Crippen LogP contribution is -2.45. The van der Waals surface area contributed by atoms with Crippen LogP contribution in [0.5, 0.6) is 0 Å². The van der Waals surface area contributed by atoms with E-state index in [1.54, 1.807) is 19.2 Å². The number of nitro groups is 1. The van der Waals surface area contributed by atoms with Crippen molar-refractivity contribution in [2.24, 2.45) is 0 Å². The number of hydrogen-bond donors (Lipinski definition) is 2. The summed E-state index contributed by atoms with van der Waals surface area (Å²) in [6.07, 6.45) is -0.0160. The minimum absolute atomic E-state index is 0.00799. The van der Waals surface area contributed by atoms with Crippen molar-refractivity contribution >= 4 is 28.7 Å². The van der Waals surface area contributed by atoms with Crippen LogP contribution >= 0.6 is 0 Å². The van der Waals surface area contributed by atoms with Crippen LogP contribution in [0.2, 0.25) is 0 Å². The van der Waals surface area contributed by atoms with E-state index in [1.165, 1.54) is 24.3 Å². The summed E-state index contributed by atoms with van der Waals surface area (Å²) >= 11 is 0. The molecule has 1 saturated heterocycles. The van der Waals surface area contributed by atoms with E-state index in [0.717, 1.165) is 0 Å². The van der Waals surface area contributed by atoms with Gasteiger partial charge in [0, 0.05) is 43.6 Å². The Morgan fingerprint density at radius 1 is 1.21 bits per heavy atom. The average Bonchev–Trinajstić information content (AvgIpc) is 2.66. The molecule has 3 rings (SSSR count). The Hall–Kier alpha value is -3.20. The van der Waals surface area contributed by atoms with E-state index < -0.39 is 16.6 Å². The van der Waals surface area contributed by atoms with Crippen LogP contribution in [0.15, 0.2) is 36.4 Å². The zero-order valence-corrected chi connectivity index (χ0v) is 16.4. The van der Waals surface area contributed by atoms with Gasteiger partial charge in [0.25, 0.3) is 11.6 Å². The number of ether oxygens (including phenoxy) is 1. The van der Waals surface area contributed by atoms with Crippen LogP contribution in [0.3, 0.4) is 0 Å². The Labute approximate surface area is 167 Å². The molecule has 1 aliphatic heterocycles. The first-order chi connectivity index (χ1) is 13.8. The Morgan fingerprint density at radius 2 is 1.90 bits per heavy atom. The van der Waals surface area contributed by atoms with Gasteiger partial charge < -0.3 is 20.3 Å². The highest BCUT2D eigenvalue weighted by Crippen LogP contribution is 2.27. The number of benzene rings is 2. The van der Waals surface area contributed by atoms with Gasteiger partial charge in [-0.15, -0.1) is 0 Å². The van der Waals surface area contributed by atoms with Crippen molar-refractivity contribution in [3.05, 3.63) is 57.9 Å². The molecule has 0 aromatic heterocycles. The van der Waals surface area contributed by atoms with Gasteiger partial charge in [-0.2, -0.15) is 0 Å². The van der Waals surface area contributed by atoms with E-state index in [-0.39, 0.29) is 29.1 Å². The number of rotatable bonds is 5. The van der Waals surface area contributed by atoms with Gasteiger partial charge in [-0.05, 0) is 38.1 Å². The maximum atomic E-state index is 14.7. The number of morpholine rings is 1. The smallest absolute Gasteiger partial charge is 0.270 e. The van der Waals surface area contributed by atoms with Gasteiger partial charge in [0.05, 0.1) is 28.4 Å². The largest absolute Gasteiger partial charge is 0.387 e. The normalized spacial score (nSPS) is 19.0. The third kappa shape index (κ3) is 4.62. The lowest BCUT2D eigenvalue weighted by molar-refractivity contribution is -0.384. The molecule has 9 heteroatoms. The molecule has 0 spiro atoms. The number of carbonyl (C=O) groups excluding carboxylic acids is 1.